The highest BCUT2D eigenvalue weighted by molar-refractivity contribution is 5.75. The number of carbonyl (C=O) groups excluding carboxylic acids is 1. The quantitative estimate of drug-likeness (QED) is 0.861. The zero-order valence-electron chi connectivity index (χ0n) is 13.4. The second kappa shape index (κ2) is 7.71. The summed E-state index contributed by atoms with van der Waals surface area (Å²) in [5.74, 6) is 0.125. The van der Waals surface area contributed by atoms with E-state index in [1.54, 1.807) is 25.2 Å². The average molecular weight is 322 g/mol. The van der Waals surface area contributed by atoms with Crippen LogP contribution in [0.5, 0.6) is 11.5 Å². The van der Waals surface area contributed by atoms with Crippen molar-refractivity contribution < 1.29 is 24.2 Å². The summed E-state index contributed by atoms with van der Waals surface area (Å²) in [6.45, 7) is 1.31. The Morgan fingerprint density at radius 3 is 2.43 bits per heavy atom. The van der Waals surface area contributed by atoms with Crippen LogP contribution in [0.25, 0.3) is 0 Å². The predicted molar refractivity (Wildman–Crippen MR) is 83.7 cm³/mol. The molecule has 7 heteroatoms. The fraction of sp³-hybridized carbons (Fsp3) is 0.500. The van der Waals surface area contributed by atoms with Gasteiger partial charge < -0.3 is 24.8 Å². The van der Waals surface area contributed by atoms with Crippen molar-refractivity contribution in [1.29, 1.82) is 0 Å². The Morgan fingerprint density at radius 1 is 1.22 bits per heavy atom. The molecule has 1 heterocycles. The molecule has 7 nitrogen and oxygen atoms in total. The van der Waals surface area contributed by atoms with Crippen molar-refractivity contribution in [3.63, 3.8) is 0 Å². The maximum absolute atomic E-state index is 12.1. The van der Waals surface area contributed by atoms with E-state index in [1.165, 1.54) is 0 Å². The van der Waals surface area contributed by atoms with E-state index in [0.717, 1.165) is 5.56 Å². The van der Waals surface area contributed by atoms with Crippen molar-refractivity contribution >= 4 is 12.0 Å². The molecule has 0 aliphatic carbocycles. The van der Waals surface area contributed by atoms with Gasteiger partial charge in [-0.05, 0) is 30.5 Å². The Bertz CT molecular complexity index is 568. The molecule has 126 valence electrons. The lowest BCUT2D eigenvalue weighted by atomic mass is 9.97. The number of carboxylic acids is 1. The van der Waals surface area contributed by atoms with Crippen LogP contribution in [0.3, 0.4) is 0 Å². The molecular weight excluding hydrogens is 300 g/mol. The molecule has 0 bridgehead atoms. The molecule has 0 spiro atoms. The van der Waals surface area contributed by atoms with Gasteiger partial charge in [0.15, 0.2) is 11.5 Å². The number of piperidine rings is 1. The van der Waals surface area contributed by atoms with E-state index in [4.69, 9.17) is 14.6 Å². The summed E-state index contributed by atoms with van der Waals surface area (Å²) >= 11 is 0. The van der Waals surface area contributed by atoms with Crippen LogP contribution in [0.1, 0.15) is 18.4 Å². The molecule has 2 rings (SSSR count). The topological polar surface area (TPSA) is 88.1 Å². The third kappa shape index (κ3) is 4.28. The molecule has 2 N–H and O–H groups in total. The number of ether oxygens (including phenoxy) is 2. The van der Waals surface area contributed by atoms with Crippen LogP contribution in [0.4, 0.5) is 4.79 Å². The van der Waals surface area contributed by atoms with Gasteiger partial charge >= 0.3 is 12.0 Å². The first-order valence-corrected chi connectivity index (χ1v) is 7.51. The van der Waals surface area contributed by atoms with Crippen LogP contribution in [0, 0.1) is 5.92 Å². The van der Waals surface area contributed by atoms with E-state index in [9.17, 15) is 9.59 Å². The van der Waals surface area contributed by atoms with E-state index >= 15 is 0 Å². The van der Waals surface area contributed by atoms with Gasteiger partial charge in [-0.3, -0.25) is 4.79 Å². The van der Waals surface area contributed by atoms with Crippen LogP contribution in [-0.4, -0.2) is 49.3 Å². The van der Waals surface area contributed by atoms with Crippen LogP contribution in [0.2, 0.25) is 0 Å². The number of carbonyl (C=O) groups is 2. The summed E-state index contributed by atoms with van der Waals surface area (Å²) in [6.07, 6.45) is 0.998. The summed E-state index contributed by atoms with van der Waals surface area (Å²) in [4.78, 5) is 24.7. The van der Waals surface area contributed by atoms with Gasteiger partial charge in [0.25, 0.3) is 0 Å². The molecule has 1 aliphatic rings. The number of urea groups is 1. The smallest absolute Gasteiger partial charge is 0.317 e. The fourth-order valence-corrected chi connectivity index (χ4v) is 2.61. The Morgan fingerprint density at radius 2 is 1.87 bits per heavy atom. The van der Waals surface area contributed by atoms with E-state index in [-0.39, 0.29) is 11.9 Å². The highest BCUT2D eigenvalue weighted by Gasteiger charge is 2.26. The van der Waals surface area contributed by atoms with E-state index in [1.807, 2.05) is 12.1 Å². The minimum atomic E-state index is -0.782. The highest BCUT2D eigenvalue weighted by atomic mass is 16.5. The Kier molecular flexibility index (Phi) is 5.67. The minimum absolute atomic E-state index is 0.177. The van der Waals surface area contributed by atoms with Gasteiger partial charge in [-0.25, -0.2) is 4.79 Å². The fourth-order valence-electron chi connectivity index (χ4n) is 2.61. The second-order valence-electron chi connectivity index (χ2n) is 5.45. The molecule has 1 saturated heterocycles. The number of rotatable bonds is 5. The molecule has 2 amide bonds. The number of methoxy groups -OCH3 is 2. The van der Waals surface area contributed by atoms with Crippen LogP contribution < -0.4 is 14.8 Å². The Labute approximate surface area is 135 Å². The third-order valence-corrected chi connectivity index (χ3v) is 4.02. The number of nitrogens with one attached hydrogen (secondary N) is 1. The van der Waals surface area contributed by atoms with Crippen molar-refractivity contribution in [2.75, 3.05) is 27.3 Å². The SMILES string of the molecule is COc1ccc(CNC(=O)N2CCC(C(=O)O)CC2)cc1OC. The van der Waals surface area contributed by atoms with Gasteiger partial charge in [-0.15, -0.1) is 0 Å². The normalized spacial score (nSPS) is 15.1. The number of hydrogen-bond donors (Lipinski definition) is 2. The highest BCUT2D eigenvalue weighted by Crippen LogP contribution is 2.27. The predicted octanol–water partition coefficient (Wildman–Crippen LogP) is 1.71. The van der Waals surface area contributed by atoms with Gasteiger partial charge in [0.2, 0.25) is 0 Å². The molecule has 23 heavy (non-hydrogen) atoms. The summed E-state index contributed by atoms with van der Waals surface area (Å²) in [5, 5.41) is 11.8. The second-order valence-corrected chi connectivity index (χ2v) is 5.45. The van der Waals surface area contributed by atoms with Crippen LogP contribution >= 0.6 is 0 Å². The zero-order valence-corrected chi connectivity index (χ0v) is 13.4. The third-order valence-electron chi connectivity index (χ3n) is 4.02. The standard InChI is InChI=1S/C16H22N2O5/c1-22-13-4-3-11(9-14(13)23-2)10-17-16(21)18-7-5-12(6-8-18)15(19)20/h3-4,9,12H,5-8,10H2,1-2H3,(H,17,21)(H,19,20). The molecule has 1 aliphatic heterocycles. The van der Waals surface area contributed by atoms with Gasteiger partial charge in [0.1, 0.15) is 0 Å². The largest absolute Gasteiger partial charge is 0.493 e. The van der Waals surface area contributed by atoms with Crippen molar-refractivity contribution in [3.8, 4) is 11.5 Å². The Balaban J connectivity index is 1.86. The lowest BCUT2D eigenvalue weighted by Crippen LogP contribution is -2.45. The molecule has 0 atom stereocenters. The summed E-state index contributed by atoms with van der Waals surface area (Å²) in [5.41, 5.74) is 0.899. The number of carboxylic acid groups (broad SMARTS) is 1. The minimum Gasteiger partial charge on any atom is -0.493 e. The van der Waals surface area contributed by atoms with E-state index in [2.05, 4.69) is 5.32 Å². The summed E-state index contributed by atoms with van der Waals surface area (Å²) < 4.78 is 10.4. The first-order valence-electron chi connectivity index (χ1n) is 7.51. The molecule has 0 unspecified atom stereocenters. The molecule has 0 aromatic heterocycles. The van der Waals surface area contributed by atoms with Crippen molar-refractivity contribution in [2.45, 2.75) is 19.4 Å². The van der Waals surface area contributed by atoms with Crippen LogP contribution in [-0.2, 0) is 11.3 Å². The monoisotopic (exact) mass is 322 g/mol. The first kappa shape index (κ1) is 16.9. The van der Waals surface area contributed by atoms with Gasteiger partial charge in [-0.1, -0.05) is 6.07 Å². The maximum atomic E-state index is 12.1. The Hall–Kier alpha value is -2.44. The lowest BCUT2D eigenvalue weighted by Gasteiger charge is -2.30. The van der Waals surface area contributed by atoms with E-state index < -0.39 is 5.97 Å². The average Bonchev–Trinajstić information content (AvgIpc) is 2.59. The summed E-state index contributed by atoms with van der Waals surface area (Å²) in [6, 6.07) is 5.29. The first-order chi connectivity index (χ1) is 11.0. The number of likely N-dealkylation sites (tertiary alicyclic amines) is 1. The summed E-state index contributed by atoms with van der Waals surface area (Å²) in [7, 11) is 3.13. The maximum Gasteiger partial charge on any atom is 0.317 e. The molecule has 1 aromatic carbocycles. The number of hydrogen-bond acceptors (Lipinski definition) is 4. The van der Waals surface area contributed by atoms with Gasteiger partial charge in [-0.2, -0.15) is 0 Å². The number of amides is 2. The van der Waals surface area contributed by atoms with Gasteiger partial charge in [0.05, 0.1) is 20.1 Å². The lowest BCUT2D eigenvalue weighted by molar-refractivity contribution is -0.143. The van der Waals surface area contributed by atoms with Crippen molar-refractivity contribution in [3.05, 3.63) is 23.8 Å². The van der Waals surface area contributed by atoms with Crippen LogP contribution in [0.15, 0.2) is 18.2 Å². The number of aliphatic carboxylic acids is 1. The van der Waals surface area contributed by atoms with Gasteiger partial charge in [0, 0.05) is 19.6 Å². The molecule has 0 radical (unpaired) electrons. The zero-order chi connectivity index (χ0) is 16.8. The number of nitrogens with zero attached hydrogens (tertiary/aromatic N) is 1. The van der Waals surface area contributed by atoms with Crippen molar-refractivity contribution in [2.24, 2.45) is 5.92 Å². The molecule has 0 saturated carbocycles. The van der Waals surface area contributed by atoms with E-state index in [0.29, 0.717) is 44.0 Å². The van der Waals surface area contributed by atoms with Crippen molar-refractivity contribution in [1.82, 2.24) is 10.2 Å². The molecule has 1 aromatic rings. The number of benzene rings is 1. The molecular formula is C16H22N2O5. The molecule has 1 fully saturated rings.